The Hall–Kier alpha value is -1.51. The lowest BCUT2D eigenvalue weighted by atomic mass is 9.64. The fourth-order valence-electron chi connectivity index (χ4n) is 2.96. The molecule has 1 fully saturated rings. The van der Waals surface area contributed by atoms with Crippen LogP contribution in [0.4, 0.5) is 0 Å². The first kappa shape index (κ1) is 11.6. The van der Waals surface area contributed by atoms with Gasteiger partial charge in [-0.3, -0.25) is 4.79 Å². The molecule has 3 heteroatoms. The van der Waals surface area contributed by atoms with Gasteiger partial charge in [0.25, 0.3) is 0 Å². The van der Waals surface area contributed by atoms with E-state index in [9.17, 15) is 9.90 Å². The van der Waals surface area contributed by atoms with Gasteiger partial charge in [0, 0.05) is 0 Å². The summed E-state index contributed by atoms with van der Waals surface area (Å²) in [6.07, 6.45) is 4.79. The maximum absolute atomic E-state index is 11.5. The van der Waals surface area contributed by atoms with Gasteiger partial charge in [-0.05, 0) is 49.8 Å². The summed E-state index contributed by atoms with van der Waals surface area (Å²) in [5.74, 6) is 0.191. The summed E-state index contributed by atoms with van der Waals surface area (Å²) in [6.45, 7) is 2.06. The molecule has 0 aromatic heterocycles. The minimum absolute atomic E-state index is 0.231. The number of carbonyl (C=O) groups is 1. The van der Waals surface area contributed by atoms with Crippen molar-refractivity contribution in [2.24, 2.45) is 0 Å². The number of carboxylic acid groups (broad SMARTS) is 1. The Balaban J connectivity index is 1.99. The van der Waals surface area contributed by atoms with Crippen molar-refractivity contribution in [2.45, 2.75) is 50.5 Å². The zero-order valence-corrected chi connectivity index (χ0v) is 10.6. The highest BCUT2D eigenvalue weighted by atomic mass is 16.5. The van der Waals surface area contributed by atoms with Crippen molar-refractivity contribution in [1.29, 1.82) is 0 Å². The molecule has 1 aromatic rings. The second-order valence-electron chi connectivity index (χ2n) is 5.53. The molecule has 1 aliphatic heterocycles. The highest BCUT2D eigenvalue weighted by Crippen LogP contribution is 2.45. The Labute approximate surface area is 107 Å². The molecular weight excluding hydrogens is 228 g/mol. The molecule has 1 aromatic carbocycles. The third-order valence-electron chi connectivity index (χ3n) is 4.38. The van der Waals surface area contributed by atoms with E-state index in [1.807, 2.05) is 18.2 Å². The molecule has 3 rings (SSSR count). The standard InChI is InChI=1S/C15H18O3/c1-10-3-4-11-5-6-12(9-13(11)18-10)15(14(16)17)7-2-8-15/h5-6,9-10H,2-4,7-8H2,1H3,(H,16,17). The normalized spacial score (nSPS) is 24.6. The fourth-order valence-corrected chi connectivity index (χ4v) is 2.96. The lowest BCUT2D eigenvalue weighted by molar-refractivity contribution is -0.147. The van der Waals surface area contributed by atoms with Crippen LogP contribution in [0.25, 0.3) is 0 Å². The molecule has 2 aliphatic rings. The van der Waals surface area contributed by atoms with Gasteiger partial charge in [0.05, 0.1) is 11.5 Å². The van der Waals surface area contributed by atoms with Crippen LogP contribution in [0.2, 0.25) is 0 Å². The van der Waals surface area contributed by atoms with Crippen molar-refractivity contribution in [3.8, 4) is 5.75 Å². The quantitative estimate of drug-likeness (QED) is 0.872. The van der Waals surface area contributed by atoms with Crippen LogP contribution in [0.5, 0.6) is 5.75 Å². The number of hydrogen-bond donors (Lipinski definition) is 1. The first-order valence-corrected chi connectivity index (χ1v) is 6.65. The van der Waals surface area contributed by atoms with Crippen molar-refractivity contribution < 1.29 is 14.6 Å². The van der Waals surface area contributed by atoms with Crippen LogP contribution in [0, 0.1) is 0 Å². The SMILES string of the molecule is CC1CCc2ccc(C3(C(=O)O)CCC3)cc2O1. The molecule has 0 amide bonds. The van der Waals surface area contributed by atoms with E-state index >= 15 is 0 Å². The molecule has 1 N–H and O–H groups in total. The highest BCUT2D eigenvalue weighted by Gasteiger charge is 2.46. The molecule has 1 aliphatic carbocycles. The van der Waals surface area contributed by atoms with Crippen molar-refractivity contribution in [2.75, 3.05) is 0 Å². The van der Waals surface area contributed by atoms with E-state index in [0.717, 1.165) is 43.4 Å². The first-order chi connectivity index (χ1) is 8.62. The number of fused-ring (bicyclic) bond motifs is 1. The van der Waals surface area contributed by atoms with Gasteiger partial charge in [-0.2, -0.15) is 0 Å². The average Bonchev–Trinajstić information content (AvgIpc) is 2.26. The van der Waals surface area contributed by atoms with Gasteiger partial charge in [0.2, 0.25) is 0 Å². The molecular formula is C15H18O3. The van der Waals surface area contributed by atoms with Gasteiger partial charge in [-0.15, -0.1) is 0 Å². The number of carboxylic acids is 1. The van der Waals surface area contributed by atoms with Crippen LogP contribution in [-0.2, 0) is 16.6 Å². The molecule has 3 nitrogen and oxygen atoms in total. The summed E-state index contributed by atoms with van der Waals surface area (Å²) in [7, 11) is 0. The van der Waals surface area contributed by atoms with Gasteiger partial charge >= 0.3 is 5.97 Å². The smallest absolute Gasteiger partial charge is 0.314 e. The number of aliphatic carboxylic acids is 1. The minimum atomic E-state index is -0.697. The van der Waals surface area contributed by atoms with Crippen LogP contribution >= 0.6 is 0 Å². The van der Waals surface area contributed by atoms with Crippen molar-refractivity contribution in [3.05, 3.63) is 29.3 Å². The lowest BCUT2D eigenvalue weighted by Crippen LogP contribution is -2.42. The van der Waals surface area contributed by atoms with Gasteiger partial charge < -0.3 is 9.84 Å². The molecule has 1 heterocycles. The Bertz CT molecular complexity index is 489. The zero-order chi connectivity index (χ0) is 12.8. The maximum Gasteiger partial charge on any atom is 0.314 e. The minimum Gasteiger partial charge on any atom is -0.490 e. The van der Waals surface area contributed by atoms with Crippen LogP contribution in [0.3, 0.4) is 0 Å². The summed E-state index contributed by atoms with van der Waals surface area (Å²) in [5, 5.41) is 9.45. The van der Waals surface area contributed by atoms with E-state index in [4.69, 9.17) is 4.74 Å². The molecule has 1 unspecified atom stereocenters. The maximum atomic E-state index is 11.5. The van der Waals surface area contributed by atoms with E-state index < -0.39 is 11.4 Å². The highest BCUT2D eigenvalue weighted by molar-refractivity contribution is 5.82. The summed E-state index contributed by atoms with van der Waals surface area (Å²) < 4.78 is 5.82. The van der Waals surface area contributed by atoms with Crippen LogP contribution < -0.4 is 4.74 Å². The van der Waals surface area contributed by atoms with Gasteiger partial charge in [0.15, 0.2) is 0 Å². The lowest BCUT2D eigenvalue weighted by Gasteiger charge is -2.38. The number of rotatable bonds is 2. The third-order valence-corrected chi connectivity index (χ3v) is 4.38. The van der Waals surface area contributed by atoms with Crippen LogP contribution in [0.1, 0.15) is 43.7 Å². The number of benzene rings is 1. The van der Waals surface area contributed by atoms with Gasteiger partial charge in [-0.25, -0.2) is 0 Å². The molecule has 0 saturated heterocycles. The van der Waals surface area contributed by atoms with E-state index in [-0.39, 0.29) is 6.10 Å². The average molecular weight is 246 g/mol. The van der Waals surface area contributed by atoms with E-state index in [1.165, 1.54) is 5.56 Å². The summed E-state index contributed by atoms with van der Waals surface area (Å²) in [4.78, 5) is 11.5. The molecule has 1 atom stereocenters. The van der Waals surface area contributed by atoms with E-state index in [0.29, 0.717) is 0 Å². The number of aryl methyl sites for hydroxylation is 1. The Morgan fingerprint density at radius 1 is 1.44 bits per heavy atom. The van der Waals surface area contributed by atoms with Gasteiger partial charge in [0.1, 0.15) is 5.75 Å². The number of hydrogen-bond acceptors (Lipinski definition) is 2. The van der Waals surface area contributed by atoms with Crippen molar-refractivity contribution in [1.82, 2.24) is 0 Å². The van der Waals surface area contributed by atoms with Gasteiger partial charge in [-0.1, -0.05) is 18.6 Å². The molecule has 1 saturated carbocycles. The van der Waals surface area contributed by atoms with Crippen molar-refractivity contribution >= 4 is 5.97 Å². The predicted octanol–water partition coefficient (Wildman–Crippen LogP) is 2.91. The Morgan fingerprint density at radius 2 is 2.22 bits per heavy atom. The monoisotopic (exact) mass is 246 g/mol. The van der Waals surface area contributed by atoms with Crippen molar-refractivity contribution in [3.63, 3.8) is 0 Å². The molecule has 0 radical (unpaired) electrons. The Kier molecular flexibility index (Phi) is 2.58. The topological polar surface area (TPSA) is 46.5 Å². The summed E-state index contributed by atoms with van der Waals surface area (Å²) in [5.41, 5.74) is 1.46. The largest absolute Gasteiger partial charge is 0.490 e. The predicted molar refractivity (Wildman–Crippen MR) is 68.0 cm³/mol. The first-order valence-electron chi connectivity index (χ1n) is 6.65. The second-order valence-corrected chi connectivity index (χ2v) is 5.53. The molecule has 0 bridgehead atoms. The third kappa shape index (κ3) is 1.61. The van der Waals surface area contributed by atoms with Crippen LogP contribution in [-0.4, -0.2) is 17.2 Å². The van der Waals surface area contributed by atoms with E-state index in [2.05, 4.69) is 6.92 Å². The Morgan fingerprint density at radius 3 is 2.83 bits per heavy atom. The molecule has 96 valence electrons. The summed E-state index contributed by atoms with van der Waals surface area (Å²) >= 11 is 0. The fraction of sp³-hybridized carbons (Fsp3) is 0.533. The zero-order valence-electron chi connectivity index (χ0n) is 10.6. The molecule has 18 heavy (non-hydrogen) atoms. The van der Waals surface area contributed by atoms with E-state index in [1.54, 1.807) is 0 Å². The summed E-state index contributed by atoms with van der Waals surface area (Å²) in [6, 6.07) is 5.98. The second kappa shape index (κ2) is 4.01. The molecule has 0 spiro atoms. The number of ether oxygens (including phenoxy) is 1. The van der Waals surface area contributed by atoms with Crippen LogP contribution in [0.15, 0.2) is 18.2 Å².